The molecule has 2 rings (SSSR count). The Morgan fingerprint density at radius 1 is 1.27 bits per heavy atom. The Balaban J connectivity index is 2.07. The molecule has 2 nitrogen and oxygen atoms in total. The molecule has 1 aromatic carbocycles. The lowest BCUT2D eigenvalue weighted by Gasteiger charge is -2.24. The van der Waals surface area contributed by atoms with Gasteiger partial charge < -0.3 is 4.90 Å². The highest BCUT2D eigenvalue weighted by atomic mass is 16.1. The van der Waals surface area contributed by atoms with E-state index in [0.717, 1.165) is 12.1 Å². The quantitative estimate of drug-likeness (QED) is 0.732. The van der Waals surface area contributed by atoms with Gasteiger partial charge in [0.15, 0.2) is 5.78 Å². The van der Waals surface area contributed by atoms with Crippen molar-refractivity contribution in [2.75, 3.05) is 6.54 Å². The first kappa shape index (κ1) is 9.97. The molecule has 15 heavy (non-hydrogen) atoms. The van der Waals surface area contributed by atoms with Gasteiger partial charge in [0.2, 0.25) is 0 Å². The highest BCUT2D eigenvalue weighted by molar-refractivity contribution is 5.83. The van der Waals surface area contributed by atoms with E-state index < -0.39 is 0 Å². The van der Waals surface area contributed by atoms with Gasteiger partial charge in [0.05, 0.1) is 6.54 Å². The van der Waals surface area contributed by atoms with Gasteiger partial charge in [-0.1, -0.05) is 30.3 Å². The molecule has 1 aliphatic rings. The minimum atomic E-state index is 0.311. The van der Waals surface area contributed by atoms with E-state index in [9.17, 15) is 4.79 Å². The molecule has 0 radical (unpaired) electrons. The lowest BCUT2D eigenvalue weighted by Crippen LogP contribution is -2.28. The normalized spacial score (nSPS) is 16.5. The Labute approximate surface area is 90.2 Å². The Morgan fingerprint density at radius 3 is 2.67 bits per heavy atom. The number of allylic oxidation sites excluding steroid dienone is 1. The zero-order valence-corrected chi connectivity index (χ0v) is 8.94. The van der Waals surface area contributed by atoms with E-state index in [0.29, 0.717) is 18.7 Å². The average Bonchev–Trinajstić information content (AvgIpc) is 2.17. The zero-order chi connectivity index (χ0) is 10.7. The molecule has 0 amide bonds. The van der Waals surface area contributed by atoms with Crippen molar-refractivity contribution in [2.45, 2.75) is 19.9 Å². The van der Waals surface area contributed by atoms with Gasteiger partial charge in [0, 0.05) is 13.0 Å². The standard InChI is InChI=1S/C13H15NO/c1-11-7-13(15)10-14(8-11)9-12-5-3-2-4-6-12/h2-6,8H,7,9-10H2,1H3. The van der Waals surface area contributed by atoms with Crippen LogP contribution in [0.15, 0.2) is 42.1 Å². The summed E-state index contributed by atoms with van der Waals surface area (Å²) in [5.74, 6) is 0.311. The van der Waals surface area contributed by atoms with Gasteiger partial charge in [-0.2, -0.15) is 0 Å². The second-order valence-corrected chi connectivity index (χ2v) is 4.08. The van der Waals surface area contributed by atoms with Crippen LogP contribution in [0, 0.1) is 0 Å². The second kappa shape index (κ2) is 4.30. The summed E-state index contributed by atoms with van der Waals surface area (Å²) in [4.78, 5) is 13.5. The average molecular weight is 201 g/mol. The minimum absolute atomic E-state index is 0.311. The number of ketones is 1. The van der Waals surface area contributed by atoms with Crippen molar-refractivity contribution >= 4 is 5.78 Å². The topological polar surface area (TPSA) is 20.3 Å². The summed E-state index contributed by atoms with van der Waals surface area (Å²) >= 11 is 0. The summed E-state index contributed by atoms with van der Waals surface area (Å²) in [6, 6.07) is 10.2. The van der Waals surface area contributed by atoms with Crippen LogP contribution in [-0.2, 0) is 11.3 Å². The fourth-order valence-electron chi connectivity index (χ4n) is 1.92. The van der Waals surface area contributed by atoms with Crippen molar-refractivity contribution in [3.8, 4) is 0 Å². The number of Topliss-reactive ketones (excluding diaryl/α,β-unsaturated/α-hetero) is 1. The highest BCUT2D eigenvalue weighted by Gasteiger charge is 2.14. The molecule has 78 valence electrons. The van der Waals surface area contributed by atoms with Gasteiger partial charge >= 0.3 is 0 Å². The molecule has 1 aliphatic heterocycles. The van der Waals surface area contributed by atoms with Gasteiger partial charge in [-0.25, -0.2) is 0 Å². The van der Waals surface area contributed by atoms with E-state index in [1.807, 2.05) is 25.1 Å². The van der Waals surface area contributed by atoms with Crippen LogP contribution in [0.3, 0.4) is 0 Å². The maximum Gasteiger partial charge on any atom is 0.156 e. The zero-order valence-electron chi connectivity index (χ0n) is 8.94. The van der Waals surface area contributed by atoms with Crippen LogP contribution in [0.2, 0.25) is 0 Å². The second-order valence-electron chi connectivity index (χ2n) is 4.08. The Morgan fingerprint density at radius 2 is 2.00 bits per heavy atom. The predicted octanol–water partition coefficient (Wildman–Crippen LogP) is 2.37. The third-order valence-corrected chi connectivity index (χ3v) is 2.49. The SMILES string of the molecule is CC1=CN(Cc2ccccc2)CC(=O)C1. The molecule has 0 unspecified atom stereocenters. The molecule has 0 fully saturated rings. The lowest BCUT2D eigenvalue weighted by atomic mass is 10.1. The number of nitrogens with zero attached hydrogens (tertiary/aromatic N) is 1. The van der Waals surface area contributed by atoms with E-state index in [1.165, 1.54) is 5.56 Å². The molecule has 0 aliphatic carbocycles. The number of rotatable bonds is 2. The smallest absolute Gasteiger partial charge is 0.156 e. The fraction of sp³-hybridized carbons (Fsp3) is 0.308. The summed E-state index contributed by atoms with van der Waals surface area (Å²) in [7, 11) is 0. The fourth-order valence-corrected chi connectivity index (χ4v) is 1.92. The first-order valence-corrected chi connectivity index (χ1v) is 5.21. The number of benzene rings is 1. The predicted molar refractivity (Wildman–Crippen MR) is 60.2 cm³/mol. The van der Waals surface area contributed by atoms with E-state index in [-0.39, 0.29) is 0 Å². The van der Waals surface area contributed by atoms with E-state index in [4.69, 9.17) is 0 Å². The summed E-state index contributed by atoms with van der Waals surface area (Å²) in [5.41, 5.74) is 2.40. The molecular weight excluding hydrogens is 186 g/mol. The van der Waals surface area contributed by atoms with Gasteiger partial charge in [-0.05, 0) is 24.3 Å². The molecule has 1 aromatic rings. The highest BCUT2D eigenvalue weighted by Crippen LogP contribution is 2.14. The monoisotopic (exact) mass is 201 g/mol. The molecule has 1 heterocycles. The van der Waals surface area contributed by atoms with Crippen molar-refractivity contribution in [1.82, 2.24) is 4.90 Å². The van der Waals surface area contributed by atoms with Crippen LogP contribution in [0.5, 0.6) is 0 Å². The molecule has 0 bridgehead atoms. The summed E-state index contributed by atoms with van der Waals surface area (Å²) in [6.45, 7) is 3.38. The summed E-state index contributed by atoms with van der Waals surface area (Å²) < 4.78 is 0. The molecule has 2 heteroatoms. The van der Waals surface area contributed by atoms with Gasteiger partial charge in [0.1, 0.15) is 0 Å². The third-order valence-electron chi connectivity index (χ3n) is 2.49. The van der Waals surface area contributed by atoms with E-state index in [2.05, 4.69) is 23.2 Å². The van der Waals surface area contributed by atoms with Gasteiger partial charge in [-0.3, -0.25) is 4.79 Å². The van der Waals surface area contributed by atoms with Crippen molar-refractivity contribution in [2.24, 2.45) is 0 Å². The van der Waals surface area contributed by atoms with Crippen LogP contribution < -0.4 is 0 Å². The third kappa shape index (κ3) is 2.69. The number of carbonyl (C=O) groups is 1. The molecule has 0 aromatic heterocycles. The van der Waals surface area contributed by atoms with Crippen LogP contribution in [0.25, 0.3) is 0 Å². The Bertz CT molecular complexity index is 381. The molecule has 0 atom stereocenters. The molecule has 0 saturated carbocycles. The van der Waals surface area contributed by atoms with Crippen LogP contribution in [0.4, 0.5) is 0 Å². The maximum atomic E-state index is 11.4. The van der Waals surface area contributed by atoms with Gasteiger partial charge in [-0.15, -0.1) is 0 Å². The first-order valence-electron chi connectivity index (χ1n) is 5.21. The first-order chi connectivity index (χ1) is 7.24. The number of carbonyl (C=O) groups excluding carboxylic acids is 1. The summed E-state index contributed by atoms with van der Waals surface area (Å²) in [6.07, 6.45) is 2.71. The molecule has 0 N–H and O–H groups in total. The largest absolute Gasteiger partial charge is 0.366 e. The van der Waals surface area contributed by atoms with Crippen molar-refractivity contribution < 1.29 is 4.79 Å². The molecule has 0 spiro atoms. The Kier molecular flexibility index (Phi) is 2.86. The lowest BCUT2D eigenvalue weighted by molar-refractivity contribution is -0.119. The van der Waals surface area contributed by atoms with Crippen molar-refractivity contribution in [3.05, 3.63) is 47.7 Å². The minimum Gasteiger partial charge on any atom is -0.366 e. The number of hydrogen-bond acceptors (Lipinski definition) is 2. The van der Waals surface area contributed by atoms with Crippen molar-refractivity contribution in [1.29, 1.82) is 0 Å². The van der Waals surface area contributed by atoms with Crippen LogP contribution in [-0.4, -0.2) is 17.2 Å². The van der Waals surface area contributed by atoms with Crippen LogP contribution in [0.1, 0.15) is 18.9 Å². The van der Waals surface area contributed by atoms with Gasteiger partial charge in [0.25, 0.3) is 0 Å². The van der Waals surface area contributed by atoms with Crippen molar-refractivity contribution in [3.63, 3.8) is 0 Å². The van der Waals surface area contributed by atoms with E-state index >= 15 is 0 Å². The number of hydrogen-bond donors (Lipinski definition) is 0. The Hall–Kier alpha value is -1.57. The molecule has 0 saturated heterocycles. The van der Waals surface area contributed by atoms with Crippen LogP contribution >= 0.6 is 0 Å². The van der Waals surface area contributed by atoms with E-state index in [1.54, 1.807) is 0 Å². The maximum absolute atomic E-state index is 11.4. The molecular formula is C13H15NO. The summed E-state index contributed by atoms with van der Waals surface area (Å²) in [5, 5.41) is 0.